The summed E-state index contributed by atoms with van der Waals surface area (Å²) in [6.07, 6.45) is 2.88. The predicted molar refractivity (Wildman–Crippen MR) is 79.1 cm³/mol. The van der Waals surface area contributed by atoms with E-state index in [1.807, 2.05) is 39.8 Å². The molecule has 0 aliphatic rings. The molecule has 3 nitrogen and oxygen atoms in total. The van der Waals surface area contributed by atoms with Crippen LogP contribution in [0.2, 0.25) is 0 Å². The van der Waals surface area contributed by atoms with Gasteiger partial charge in [-0.1, -0.05) is 0 Å². The minimum absolute atomic E-state index is 0.229. The van der Waals surface area contributed by atoms with Crippen LogP contribution in [0.3, 0.4) is 0 Å². The lowest BCUT2D eigenvalue weighted by molar-refractivity contribution is 0.291. The minimum Gasteiger partial charge on any atom is -0.493 e. The summed E-state index contributed by atoms with van der Waals surface area (Å²) >= 11 is 0. The van der Waals surface area contributed by atoms with Crippen molar-refractivity contribution in [1.82, 2.24) is 0 Å². The second kappa shape index (κ2) is 6.47. The molecule has 3 heteroatoms. The van der Waals surface area contributed by atoms with Crippen molar-refractivity contribution in [2.75, 3.05) is 12.3 Å². The van der Waals surface area contributed by atoms with Crippen LogP contribution in [-0.4, -0.2) is 6.61 Å². The zero-order valence-corrected chi connectivity index (χ0v) is 12.4. The van der Waals surface area contributed by atoms with Gasteiger partial charge in [0.2, 0.25) is 0 Å². The first kappa shape index (κ1) is 15.4. The average Bonchev–Trinajstić information content (AvgIpc) is 2.31. The van der Waals surface area contributed by atoms with Gasteiger partial charge in [0, 0.05) is 5.69 Å². The summed E-state index contributed by atoms with van der Waals surface area (Å²) in [5.41, 5.74) is 8.49. The Morgan fingerprint density at radius 1 is 1.21 bits per heavy atom. The summed E-state index contributed by atoms with van der Waals surface area (Å²) in [4.78, 5) is 0. The molecule has 0 aliphatic carbocycles. The van der Waals surface area contributed by atoms with Crippen LogP contribution in [0, 0.1) is 30.6 Å². The molecule has 2 N–H and O–H groups in total. The number of rotatable bonds is 6. The van der Waals surface area contributed by atoms with Crippen molar-refractivity contribution < 1.29 is 4.74 Å². The maximum Gasteiger partial charge on any atom is 0.125 e. The number of hydrogen-bond donors (Lipinski definition) is 1. The Hall–Kier alpha value is -1.69. The molecule has 0 bridgehead atoms. The summed E-state index contributed by atoms with van der Waals surface area (Å²) in [6.45, 7) is 8.66. The zero-order valence-electron chi connectivity index (χ0n) is 12.4. The summed E-state index contributed by atoms with van der Waals surface area (Å²) in [6, 6.07) is 6.18. The van der Waals surface area contributed by atoms with E-state index in [4.69, 9.17) is 15.7 Å². The molecule has 0 aromatic heterocycles. The SMILES string of the molecule is Cc1cc(N)cc(C)c1OCCCCC(C)(C)C#N. The average molecular weight is 260 g/mol. The fourth-order valence-electron chi connectivity index (χ4n) is 2.11. The van der Waals surface area contributed by atoms with Crippen molar-refractivity contribution in [1.29, 1.82) is 5.26 Å². The van der Waals surface area contributed by atoms with Crippen LogP contribution in [0.4, 0.5) is 5.69 Å². The topological polar surface area (TPSA) is 59.0 Å². The molecule has 0 saturated heterocycles. The third kappa shape index (κ3) is 4.82. The number of nitrogens with two attached hydrogens (primary N) is 1. The second-order valence-corrected chi connectivity index (χ2v) is 5.79. The number of benzene rings is 1. The molecule has 1 aromatic rings. The Morgan fingerprint density at radius 3 is 2.32 bits per heavy atom. The molecule has 0 unspecified atom stereocenters. The van der Waals surface area contributed by atoms with E-state index < -0.39 is 0 Å². The Balaban J connectivity index is 2.41. The van der Waals surface area contributed by atoms with Gasteiger partial charge in [-0.3, -0.25) is 0 Å². The molecule has 0 aliphatic heterocycles. The number of ether oxygens (including phenoxy) is 1. The highest BCUT2D eigenvalue weighted by Gasteiger charge is 2.15. The van der Waals surface area contributed by atoms with E-state index in [2.05, 4.69) is 6.07 Å². The van der Waals surface area contributed by atoms with E-state index in [1.54, 1.807) is 0 Å². The summed E-state index contributed by atoms with van der Waals surface area (Å²) in [7, 11) is 0. The minimum atomic E-state index is -0.229. The van der Waals surface area contributed by atoms with Crippen molar-refractivity contribution in [3.63, 3.8) is 0 Å². The van der Waals surface area contributed by atoms with Gasteiger partial charge >= 0.3 is 0 Å². The van der Waals surface area contributed by atoms with Crippen LogP contribution in [0.15, 0.2) is 12.1 Å². The Morgan fingerprint density at radius 2 is 1.79 bits per heavy atom. The Bertz CT molecular complexity index is 449. The molecular formula is C16H24N2O. The van der Waals surface area contributed by atoms with Gasteiger partial charge in [-0.05, 0) is 70.2 Å². The van der Waals surface area contributed by atoms with Crippen LogP contribution < -0.4 is 10.5 Å². The first-order valence-corrected chi connectivity index (χ1v) is 6.76. The number of nitrogen functional groups attached to an aromatic ring is 1. The Kier molecular flexibility index (Phi) is 5.23. The van der Waals surface area contributed by atoms with Gasteiger partial charge in [-0.15, -0.1) is 0 Å². The first-order valence-electron chi connectivity index (χ1n) is 6.76. The molecule has 1 rings (SSSR count). The molecule has 19 heavy (non-hydrogen) atoms. The summed E-state index contributed by atoms with van der Waals surface area (Å²) in [5.74, 6) is 0.939. The molecule has 1 aromatic carbocycles. The smallest absolute Gasteiger partial charge is 0.125 e. The van der Waals surface area contributed by atoms with Crippen LogP contribution in [0.1, 0.15) is 44.2 Å². The highest BCUT2D eigenvalue weighted by Crippen LogP contribution is 2.26. The third-order valence-electron chi connectivity index (χ3n) is 3.23. The van der Waals surface area contributed by atoms with Crippen molar-refractivity contribution in [2.24, 2.45) is 5.41 Å². The van der Waals surface area contributed by atoms with Gasteiger partial charge in [-0.25, -0.2) is 0 Å². The van der Waals surface area contributed by atoms with Gasteiger partial charge in [0.25, 0.3) is 0 Å². The number of nitrogens with zero attached hydrogens (tertiary/aromatic N) is 1. The van der Waals surface area contributed by atoms with E-state index in [-0.39, 0.29) is 5.41 Å². The van der Waals surface area contributed by atoms with Crippen LogP contribution in [0.25, 0.3) is 0 Å². The molecule has 0 atom stereocenters. The van der Waals surface area contributed by atoms with Crippen molar-refractivity contribution in [3.05, 3.63) is 23.3 Å². The van der Waals surface area contributed by atoms with Crippen LogP contribution in [-0.2, 0) is 0 Å². The lowest BCUT2D eigenvalue weighted by Crippen LogP contribution is -2.08. The van der Waals surface area contributed by atoms with Gasteiger partial charge in [0.05, 0.1) is 18.1 Å². The molecule has 0 amide bonds. The maximum absolute atomic E-state index is 8.93. The molecular weight excluding hydrogens is 236 g/mol. The number of anilines is 1. The summed E-state index contributed by atoms with van der Waals surface area (Å²) < 4.78 is 5.83. The summed E-state index contributed by atoms with van der Waals surface area (Å²) in [5, 5.41) is 8.93. The highest BCUT2D eigenvalue weighted by atomic mass is 16.5. The zero-order chi connectivity index (χ0) is 14.5. The van der Waals surface area contributed by atoms with Gasteiger partial charge < -0.3 is 10.5 Å². The van der Waals surface area contributed by atoms with Gasteiger partial charge in [0.1, 0.15) is 5.75 Å². The number of nitriles is 1. The second-order valence-electron chi connectivity index (χ2n) is 5.79. The predicted octanol–water partition coefficient (Wildman–Crippen LogP) is 3.98. The maximum atomic E-state index is 8.93. The van der Waals surface area contributed by atoms with Crippen LogP contribution in [0.5, 0.6) is 5.75 Å². The molecule has 0 spiro atoms. The Labute approximate surface area is 116 Å². The van der Waals surface area contributed by atoms with Crippen LogP contribution >= 0.6 is 0 Å². The van der Waals surface area contributed by atoms with Crippen molar-refractivity contribution >= 4 is 5.69 Å². The molecule has 0 fully saturated rings. The third-order valence-corrected chi connectivity index (χ3v) is 3.23. The van der Waals surface area contributed by atoms with Gasteiger partial charge in [0.15, 0.2) is 0 Å². The largest absolute Gasteiger partial charge is 0.493 e. The first-order chi connectivity index (χ1) is 8.85. The van der Waals surface area contributed by atoms with E-state index in [0.29, 0.717) is 6.61 Å². The van der Waals surface area contributed by atoms with Crippen molar-refractivity contribution in [2.45, 2.75) is 47.0 Å². The highest BCUT2D eigenvalue weighted by molar-refractivity contribution is 5.52. The lowest BCUT2D eigenvalue weighted by atomic mass is 9.89. The van der Waals surface area contributed by atoms with Crippen molar-refractivity contribution in [3.8, 4) is 11.8 Å². The van der Waals surface area contributed by atoms with E-state index in [9.17, 15) is 0 Å². The van der Waals surface area contributed by atoms with E-state index in [0.717, 1.165) is 41.8 Å². The monoisotopic (exact) mass is 260 g/mol. The molecule has 0 saturated carbocycles. The molecule has 104 valence electrons. The van der Waals surface area contributed by atoms with Gasteiger partial charge in [-0.2, -0.15) is 5.26 Å². The quantitative estimate of drug-likeness (QED) is 0.621. The number of aryl methyl sites for hydroxylation is 2. The lowest BCUT2D eigenvalue weighted by Gasteiger charge is -2.16. The fourth-order valence-corrected chi connectivity index (χ4v) is 2.11. The van der Waals surface area contributed by atoms with E-state index in [1.165, 1.54) is 0 Å². The fraction of sp³-hybridized carbons (Fsp3) is 0.562. The van der Waals surface area contributed by atoms with E-state index >= 15 is 0 Å². The number of hydrogen-bond acceptors (Lipinski definition) is 3. The molecule has 0 heterocycles. The normalized spacial score (nSPS) is 11.1. The standard InChI is InChI=1S/C16H24N2O/c1-12-9-14(18)10-13(2)15(12)19-8-6-5-7-16(3,4)11-17/h9-10H,5-8,18H2,1-4H3. The number of unbranched alkanes of at least 4 members (excludes halogenated alkanes) is 1. The molecule has 0 radical (unpaired) electrons.